The van der Waals surface area contributed by atoms with Crippen LogP contribution < -0.4 is 4.72 Å². The van der Waals surface area contributed by atoms with Crippen LogP contribution in [-0.2, 0) is 20.2 Å². The number of benzene rings is 1. The van der Waals surface area contributed by atoms with E-state index >= 15 is 0 Å². The maximum atomic E-state index is 13.1. The fraction of sp³-hybridized carbons (Fsp3) is 0.250. The number of nitrogens with one attached hydrogen (secondary N) is 1. The van der Waals surface area contributed by atoms with Gasteiger partial charge in [-0.1, -0.05) is 18.6 Å². The fourth-order valence-electron chi connectivity index (χ4n) is 2.73. The molecule has 1 N–H and O–H groups in total. The molecule has 3 rings (SSSR count). The zero-order valence-electron chi connectivity index (χ0n) is 12.2. The molecule has 120 valence electrons. The van der Waals surface area contributed by atoms with Crippen LogP contribution in [0.5, 0.6) is 0 Å². The smallest absolute Gasteiger partial charge is 0.265 e. The zero-order chi connectivity index (χ0) is 16.5. The predicted molar refractivity (Wildman–Crippen MR) is 81.5 cm³/mol. The second-order valence-electron chi connectivity index (χ2n) is 5.57. The molecule has 0 saturated heterocycles. The predicted octanol–water partition coefficient (Wildman–Crippen LogP) is 2.15. The SMILES string of the molecule is O=C(NS(=O)(=O)c1cccnc1)C1(c2ccc(F)cc2)CCC1. The lowest BCUT2D eigenvalue weighted by atomic mass is 9.64. The fourth-order valence-corrected chi connectivity index (χ4v) is 3.75. The first kappa shape index (κ1) is 15.6. The lowest BCUT2D eigenvalue weighted by molar-refractivity contribution is -0.128. The summed E-state index contributed by atoms with van der Waals surface area (Å²) >= 11 is 0. The van der Waals surface area contributed by atoms with Gasteiger partial charge >= 0.3 is 0 Å². The topological polar surface area (TPSA) is 76.1 Å². The minimum atomic E-state index is -3.97. The second-order valence-corrected chi connectivity index (χ2v) is 7.25. The molecule has 5 nitrogen and oxygen atoms in total. The lowest BCUT2D eigenvalue weighted by Crippen LogP contribution is -2.50. The van der Waals surface area contributed by atoms with E-state index in [2.05, 4.69) is 9.71 Å². The summed E-state index contributed by atoms with van der Waals surface area (Å²) in [4.78, 5) is 16.3. The summed E-state index contributed by atoms with van der Waals surface area (Å²) in [6, 6.07) is 8.47. The molecule has 0 spiro atoms. The number of sulfonamides is 1. The van der Waals surface area contributed by atoms with Gasteiger partial charge in [-0.25, -0.2) is 17.5 Å². The molecule has 1 aromatic carbocycles. The summed E-state index contributed by atoms with van der Waals surface area (Å²) < 4.78 is 39.8. The number of pyridine rings is 1. The molecule has 2 aromatic rings. The highest BCUT2D eigenvalue weighted by Crippen LogP contribution is 2.44. The molecule has 1 amide bonds. The summed E-state index contributed by atoms with van der Waals surface area (Å²) in [5, 5.41) is 0. The van der Waals surface area contributed by atoms with Crippen molar-refractivity contribution in [2.75, 3.05) is 0 Å². The van der Waals surface area contributed by atoms with Gasteiger partial charge in [-0.2, -0.15) is 0 Å². The quantitative estimate of drug-likeness (QED) is 0.929. The first-order valence-electron chi connectivity index (χ1n) is 7.17. The van der Waals surface area contributed by atoms with Gasteiger partial charge in [0.25, 0.3) is 10.0 Å². The monoisotopic (exact) mass is 334 g/mol. The molecule has 1 heterocycles. The summed E-state index contributed by atoms with van der Waals surface area (Å²) in [7, 11) is -3.97. The Balaban J connectivity index is 1.88. The van der Waals surface area contributed by atoms with Gasteiger partial charge in [-0.3, -0.25) is 9.78 Å². The maximum Gasteiger partial charge on any atom is 0.265 e. The van der Waals surface area contributed by atoms with Crippen LogP contribution in [-0.4, -0.2) is 19.3 Å². The molecule has 0 aliphatic heterocycles. The van der Waals surface area contributed by atoms with Crippen LogP contribution in [0, 0.1) is 5.82 Å². The van der Waals surface area contributed by atoms with E-state index in [0.717, 1.165) is 6.42 Å². The number of aromatic nitrogens is 1. The number of amides is 1. The molecule has 23 heavy (non-hydrogen) atoms. The molecule has 1 aliphatic carbocycles. The van der Waals surface area contributed by atoms with Gasteiger partial charge in [0.1, 0.15) is 10.7 Å². The number of carbonyl (C=O) groups is 1. The molecule has 0 bridgehead atoms. The van der Waals surface area contributed by atoms with Crippen molar-refractivity contribution >= 4 is 15.9 Å². The summed E-state index contributed by atoms with van der Waals surface area (Å²) in [5.41, 5.74) is -0.285. The number of hydrogen-bond acceptors (Lipinski definition) is 4. The summed E-state index contributed by atoms with van der Waals surface area (Å²) in [6.07, 6.45) is 4.52. The van der Waals surface area contributed by atoms with Crippen LogP contribution in [0.15, 0.2) is 53.7 Å². The highest BCUT2D eigenvalue weighted by atomic mass is 32.2. The molecule has 1 saturated carbocycles. The van der Waals surface area contributed by atoms with Crippen molar-refractivity contribution < 1.29 is 17.6 Å². The van der Waals surface area contributed by atoms with Crippen molar-refractivity contribution in [2.24, 2.45) is 0 Å². The maximum absolute atomic E-state index is 13.1. The highest BCUT2D eigenvalue weighted by molar-refractivity contribution is 7.90. The lowest BCUT2D eigenvalue weighted by Gasteiger charge is -2.40. The van der Waals surface area contributed by atoms with E-state index in [-0.39, 0.29) is 4.90 Å². The molecule has 1 aromatic heterocycles. The molecule has 0 unspecified atom stereocenters. The standard InChI is InChI=1S/C16H15FN2O3S/c17-13-6-4-12(5-7-13)16(8-2-9-16)15(20)19-23(21,22)14-3-1-10-18-11-14/h1,3-7,10-11H,2,8-9H2,(H,19,20). The van der Waals surface area contributed by atoms with Crippen molar-refractivity contribution in [2.45, 2.75) is 29.6 Å². The highest BCUT2D eigenvalue weighted by Gasteiger charge is 2.47. The van der Waals surface area contributed by atoms with Crippen LogP contribution in [0.25, 0.3) is 0 Å². The molecule has 0 radical (unpaired) electrons. The first-order valence-corrected chi connectivity index (χ1v) is 8.66. The Bertz CT molecular complexity index is 816. The van der Waals surface area contributed by atoms with E-state index in [1.165, 1.54) is 48.8 Å². The molecule has 7 heteroatoms. The van der Waals surface area contributed by atoms with E-state index in [1.54, 1.807) is 0 Å². The number of halogens is 1. The van der Waals surface area contributed by atoms with Crippen molar-refractivity contribution in [3.63, 3.8) is 0 Å². The summed E-state index contributed by atoms with van der Waals surface area (Å²) in [5.74, 6) is -0.981. The zero-order valence-corrected chi connectivity index (χ0v) is 13.0. The van der Waals surface area contributed by atoms with Crippen LogP contribution in [0.1, 0.15) is 24.8 Å². The first-order chi connectivity index (χ1) is 10.9. The van der Waals surface area contributed by atoms with Gasteiger partial charge in [0, 0.05) is 12.4 Å². The Labute approximate surface area is 133 Å². The second kappa shape index (κ2) is 5.73. The van der Waals surface area contributed by atoms with Crippen LogP contribution in [0.2, 0.25) is 0 Å². The molecule has 0 atom stereocenters. The number of carbonyl (C=O) groups excluding carboxylic acids is 1. The van der Waals surface area contributed by atoms with Crippen molar-refractivity contribution in [1.82, 2.24) is 9.71 Å². The minimum absolute atomic E-state index is 0.0677. The van der Waals surface area contributed by atoms with E-state index in [1.807, 2.05) is 0 Å². The largest absolute Gasteiger partial charge is 0.273 e. The van der Waals surface area contributed by atoms with Crippen molar-refractivity contribution in [3.05, 3.63) is 60.2 Å². The van der Waals surface area contributed by atoms with Crippen LogP contribution in [0.3, 0.4) is 0 Å². The van der Waals surface area contributed by atoms with E-state index < -0.39 is 27.2 Å². The summed E-state index contributed by atoms with van der Waals surface area (Å²) in [6.45, 7) is 0. The van der Waals surface area contributed by atoms with Gasteiger partial charge in [-0.05, 0) is 42.7 Å². The van der Waals surface area contributed by atoms with Crippen molar-refractivity contribution in [3.8, 4) is 0 Å². The Morgan fingerprint density at radius 3 is 2.39 bits per heavy atom. The minimum Gasteiger partial charge on any atom is -0.273 e. The Morgan fingerprint density at radius 2 is 1.87 bits per heavy atom. The number of nitrogens with zero attached hydrogens (tertiary/aromatic N) is 1. The number of hydrogen-bond donors (Lipinski definition) is 1. The van der Waals surface area contributed by atoms with Crippen LogP contribution >= 0.6 is 0 Å². The molecular weight excluding hydrogens is 319 g/mol. The van der Waals surface area contributed by atoms with Crippen molar-refractivity contribution in [1.29, 1.82) is 0 Å². The third kappa shape index (κ3) is 2.84. The molecular formula is C16H15FN2O3S. The third-order valence-corrected chi connectivity index (χ3v) is 5.53. The average molecular weight is 334 g/mol. The van der Waals surface area contributed by atoms with Gasteiger partial charge in [0.15, 0.2) is 0 Å². The molecule has 1 fully saturated rings. The van der Waals surface area contributed by atoms with Gasteiger partial charge < -0.3 is 0 Å². The van der Waals surface area contributed by atoms with E-state index in [9.17, 15) is 17.6 Å². The Kier molecular flexibility index (Phi) is 3.89. The van der Waals surface area contributed by atoms with E-state index in [4.69, 9.17) is 0 Å². The third-order valence-electron chi connectivity index (χ3n) is 4.21. The average Bonchev–Trinajstić information content (AvgIpc) is 2.48. The van der Waals surface area contributed by atoms with Gasteiger partial charge in [-0.15, -0.1) is 0 Å². The van der Waals surface area contributed by atoms with Crippen LogP contribution in [0.4, 0.5) is 4.39 Å². The number of rotatable bonds is 4. The Morgan fingerprint density at radius 1 is 1.17 bits per heavy atom. The van der Waals surface area contributed by atoms with E-state index in [0.29, 0.717) is 18.4 Å². The molecule has 1 aliphatic rings. The normalized spacial score (nSPS) is 16.4. The Hall–Kier alpha value is -2.28. The van der Waals surface area contributed by atoms with Gasteiger partial charge in [0.05, 0.1) is 5.41 Å². The van der Waals surface area contributed by atoms with Gasteiger partial charge in [0.2, 0.25) is 5.91 Å².